The largest absolute Gasteiger partial charge is 0.308 e. The maximum atomic E-state index is 13.9. The van der Waals surface area contributed by atoms with Crippen LogP contribution in [0.25, 0.3) is 0 Å². The number of aryl methyl sites for hydroxylation is 1. The standard InChI is InChI=1S/C25H22F2N2O3S/c1-16-12-17-6-2-3-10-23(17)29(16)33(31,32)20-9-4-7-19(13-20)25(30)28-11-5-8-18-14-21(26)22(27)15-24(18)28/h2-4,6-7,9-10,13-16H,5,8,11-12H2,1H3. The molecule has 1 atom stereocenters. The lowest BCUT2D eigenvalue weighted by Crippen LogP contribution is -2.37. The number of sulfonamides is 1. The van der Waals surface area contributed by atoms with Crippen molar-refractivity contribution in [3.8, 4) is 0 Å². The van der Waals surface area contributed by atoms with Gasteiger partial charge in [0.2, 0.25) is 0 Å². The summed E-state index contributed by atoms with van der Waals surface area (Å²) in [5.74, 6) is -2.42. The number of rotatable bonds is 3. The molecule has 0 radical (unpaired) electrons. The Hall–Kier alpha value is -3.26. The lowest BCUT2D eigenvalue weighted by atomic mass is 10.0. The Kier molecular flexibility index (Phi) is 5.20. The monoisotopic (exact) mass is 468 g/mol. The first-order valence-electron chi connectivity index (χ1n) is 10.8. The van der Waals surface area contributed by atoms with Crippen molar-refractivity contribution in [3.05, 3.63) is 89.0 Å². The fraction of sp³-hybridized carbons (Fsp3) is 0.240. The van der Waals surface area contributed by atoms with Gasteiger partial charge in [0.25, 0.3) is 15.9 Å². The number of hydrogen-bond acceptors (Lipinski definition) is 3. The number of para-hydroxylation sites is 1. The summed E-state index contributed by atoms with van der Waals surface area (Å²) in [6.45, 7) is 2.19. The molecule has 5 rings (SSSR count). The van der Waals surface area contributed by atoms with Gasteiger partial charge in [-0.2, -0.15) is 0 Å². The van der Waals surface area contributed by atoms with E-state index in [2.05, 4.69) is 0 Å². The van der Waals surface area contributed by atoms with Crippen LogP contribution in [0.15, 0.2) is 65.6 Å². The van der Waals surface area contributed by atoms with Gasteiger partial charge >= 0.3 is 0 Å². The van der Waals surface area contributed by atoms with Crippen LogP contribution in [0, 0.1) is 11.6 Å². The Bertz CT molecular complexity index is 1370. The van der Waals surface area contributed by atoms with Gasteiger partial charge in [0.1, 0.15) is 0 Å². The maximum Gasteiger partial charge on any atom is 0.264 e. The number of benzene rings is 3. The molecule has 0 fully saturated rings. The quantitative estimate of drug-likeness (QED) is 0.560. The van der Waals surface area contributed by atoms with Crippen LogP contribution in [-0.4, -0.2) is 26.9 Å². The van der Waals surface area contributed by atoms with Crippen LogP contribution < -0.4 is 9.21 Å². The molecule has 0 saturated carbocycles. The summed E-state index contributed by atoms with van der Waals surface area (Å²) >= 11 is 0. The van der Waals surface area contributed by atoms with E-state index < -0.39 is 27.6 Å². The second kappa shape index (κ2) is 7.95. The Morgan fingerprint density at radius 2 is 1.70 bits per heavy atom. The molecule has 2 aliphatic heterocycles. The first-order valence-corrected chi connectivity index (χ1v) is 12.2. The van der Waals surface area contributed by atoms with Gasteiger partial charge in [-0.05, 0) is 67.6 Å². The Balaban J connectivity index is 1.51. The fourth-order valence-electron chi connectivity index (χ4n) is 4.75. The smallest absolute Gasteiger partial charge is 0.264 e. The number of hydrogen-bond donors (Lipinski definition) is 0. The second-order valence-electron chi connectivity index (χ2n) is 8.47. The van der Waals surface area contributed by atoms with E-state index in [0.29, 0.717) is 42.7 Å². The molecule has 3 aromatic carbocycles. The highest BCUT2D eigenvalue weighted by Crippen LogP contribution is 2.37. The predicted molar refractivity (Wildman–Crippen MR) is 122 cm³/mol. The molecule has 0 aliphatic carbocycles. The minimum Gasteiger partial charge on any atom is -0.308 e. The lowest BCUT2D eigenvalue weighted by molar-refractivity contribution is 0.0985. The second-order valence-corrected chi connectivity index (χ2v) is 10.3. The molecule has 33 heavy (non-hydrogen) atoms. The van der Waals surface area contributed by atoms with E-state index in [1.165, 1.54) is 33.5 Å². The van der Waals surface area contributed by atoms with Crippen molar-refractivity contribution < 1.29 is 22.0 Å². The van der Waals surface area contributed by atoms with Crippen LogP contribution in [-0.2, 0) is 22.9 Å². The molecule has 0 aromatic heterocycles. The Labute approximate surface area is 191 Å². The summed E-state index contributed by atoms with van der Waals surface area (Å²) < 4.78 is 56.1. The van der Waals surface area contributed by atoms with Crippen molar-refractivity contribution in [1.29, 1.82) is 0 Å². The Morgan fingerprint density at radius 1 is 0.939 bits per heavy atom. The summed E-state index contributed by atoms with van der Waals surface area (Å²) in [5, 5.41) is 0. The van der Waals surface area contributed by atoms with Gasteiger partial charge in [0.15, 0.2) is 11.6 Å². The molecular weight excluding hydrogens is 446 g/mol. The number of halogens is 2. The highest BCUT2D eigenvalue weighted by atomic mass is 32.2. The van der Waals surface area contributed by atoms with Gasteiger partial charge in [-0.15, -0.1) is 0 Å². The highest BCUT2D eigenvalue weighted by Gasteiger charge is 2.36. The van der Waals surface area contributed by atoms with Gasteiger partial charge < -0.3 is 4.90 Å². The molecule has 5 nitrogen and oxygen atoms in total. The molecule has 0 N–H and O–H groups in total. The van der Waals surface area contributed by atoms with Crippen molar-refractivity contribution in [2.45, 2.75) is 37.1 Å². The normalized spacial score (nSPS) is 17.6. The van der Waals surface area contributed by atoms with Gasteiger partial charge in [-0.3, -0.25) is 9.10 Å². The summed E-state index contributed by atoms with van der Waals surface area (Å²) in [6, 6.07) is 15.2. The van der Waals surface area contributed by atoms with E-state index in [1.54, 1.807) is 12.1 Å². The van der Waals surface area contributed by atoms with Gasteiger partial charge in [-0.1, -0.05) is 24.3 Å². The molecule has 1 unspecified atom stereocenters. The Morgan fingerprint density at radius 3 is 2.52 bits per heavy atom. The number of carbonyl (C=O) groups is 1. The van der Waals surface area contributed by atoms with Crippen molar-refractivity contribution in [2.24, 2.45) is 0 Å². The van der Waals surface area contributed by atoms with E-state index >= 15 is 0 Å². The van der Waals surface area contributed by atoms with Crippen LogP contribution in [0.4, 0.5) is 20.2 Å². The van der Waals surface area contributed by atoms with Crippen molar-refractivity contribution in [1.82, 2.24) is 0 Å². The number of anilines is 2. The summed E-state index contributed by atoms with van der Waals surface area (Å²) in [4.78, 5) is 14.7. The van der Waals surface area contributed by atoms with Crippen molar-refractivity contribution in [3.63, 3.8) is 0 Å². The van der Waals surface area contributed by atoms with Gasteiger partial charge in [-0.25, -0.2) is 17.2 Å². The average molecular weight is 469 g/mol. The molecule has 0 spiro atoms. The van der Waals surface area contributed by atoms with Crippen LogP contribution in [0.1, 0.15) is 34.8 Å². The zero-order chi connectivity index (χ0) is 23.3. The van der Waals surface area contributed by atoms with Crippen LogP contribution in [0.5, 0.6) is 0 Å². The third-order valence-electron chi connectivity index (χ3n) is 6.27. The van der Waals surface area contributed by atoms with Gasteiger partial charge in [0.05, 0.1) is 16.3 Å². The number of nitrogens with zero attached hydrogens (tertiary/aromatic N) is 2. The fourth-order valence-corrected chi connectivity index (χ4v) is 6.49. The number of amides is 1. The van der Waals surface area contributed by atoms with E-state index in [9.17, 15) is 22.0 Å². The minimum absolute atomic E-state index is 0.0134. The lowest BCUT2D eigenvalue weighted by Gasteiger charge is -2.30. The highest BCUT2D eigenvalue weighted by molar-refractivity contribution is 7.92. The van der Waals surface area contributed by atoms with E-state index in [0.717, 1.165) is 17.7 Å². The van der Waals surface area contributed by atoms with Crippen molar-refractivity contribution in [2.75, 3.05) is 15.7 Å². The number of fused-ring (bicyclic) bond motifs is 2. The molecule has 0 bridgehead atoms. The maximum absolute atomic E-state index is 13.9. The summed E-state index contributed by atoms with van der Waals surface area (Å²) in [7, 11) is -3.91. The zero-order valence-electron chi connectivity index (χ0n) is 18.0. The van der Waals surface area contributed by atoms with E-state index in [4.69, 9.17) is 0 Å². The van der Waals surface area contributed by atoms with E-state index in [1.807, 2.05) is 19.1 Å². The first-order chi connectivity index (χ1) is 15.8. The van der Waals surface area contributed by atoms with E-state index in [-0.39, 0.29) is 16.5 Å². The predicted octanol–water partition coefficient (Wildman–Crippen LogP) is 4.70. The van der Waals surface area contributed by atoms with Crippen LogP contribution in [0.2, 0.25) is 0 Å². The molecule has 8 heteroatoms. The molecule has 170 valence electrons. The molecule has 1 amide bonds. The third-order valence-corrected chi connectivity index (χ3v) is 8.19. The first kappa shape index (κ1) is 21.6. The number of carbonyl (C=O) groups excluding carboxylic acids is 1. The topological polar surface area (TPSA) is 57.7 Å². The minimum atomic E-state index is -3.91. The molecular formula is C25H22F2N2O3S. The van der Waals surface area contributed by atoms with Gasteiger partial charge in [0, 0.05) is 24.2 Å². The summed E-state index contributed by atoms with van der Waals surface area (Å²) in [6.07, 6.45) is 1.75. The van der Waals surface area contributed by atoms with Crippen LogP contribution >= 0.6 is 0 Å². The summed E-state index contributed by atoms with van der Waals surface area (Å²) in [5.41, 5.74) is 2.65. The SMILES string of the molecule is CC1Cc2ccccc2N1S(=O)(=O)c1cccc(C(=O)N2CCCc3cc(F)c(F)cc32)c1. The molecule has 2 heterocycles. The third kappa shape index (κ3) is 3.58. The van der Waals surface area contributed by atoms with Crippen LogP contribution in [0.3, 0.4) is 0 Å². The molecule has 3 aromatic rings. The molecule has 0 saturated heterocycles. The zero-order valence-corrected chi connectivity index (χ0v) is 18.8. The molecule has 2 aliphatic rings. The van der Waals surface area contributed by atoms with Crippen molar-refractivity contribution >= 4 is 27.3 Å². The average Bonchev–Trinajstić information content (AvgIpc) is 3.15.